The number of nitrogens with one attached hydrogen (secondary N) is 1. The molecule has 174 valence electrons. The van der Waals surface area contributed by atoms with Crippen molar-refractivity contribution in [2.45, 2.75) is 13.8 Å². The molecule has 2 fully saturated rings. The second-order valence-corrected chi connectivity index (χ2v) is 9.54. The molecule has 2 aliphatic heterocycles. The lowest BCUT2D eigenvalue weighted by atomic mass is 9.98. The number of hydrogen-bond donors (Lipinski definition) is 1. The molecule has 8 heteroatoms. The van der Waals surface area contributed by atoms with Crippen LogP contribution in [0.3, 0.4) is 0 Å². The Hall–Kier alpha value is -3.23. The average molecular weight is 477 g/mol. The van der Waals surface area contributed by atoms with Crippen LogP contribution >= 0.6 is 11.8 Å². The number of pyridine rings is 1. The summed E-state index contributed by atoms with van der Waals surface area (Å²) in [4.78, 5) is 32.9. The molecule has 0 unspecified atom stereocenters. The fourth-order valence-electron chi connectivity index (χ4n) is 4.51. The third kappa shape index (κ3) is 4.43. The summed E-state index contributed by atoms with van der Waals surface area (Å²) in [6, 6.07) is 13.1. The molecule has 0 bridgehead atoms. The third-order valence-electron chi connectivity index (χ3n) is 6.32. The smallest absolute Gasteiger partial charge is 0.290 e. The van der Waals surface area contributed by atoms with Gasteiger partial charge in [0.1, 0.15) is 5.82 Å². The first-order valence-corrected chi connectivity index (χ1v) is 12.2. The van der Waals surface area contributed by atoms with Gasteiger partial charge in [-0.3, -0.25) is 19.9 Å². The van der Waals surface area contributed by atoms with E-state index in [9.17, 15) is 9.59 Å². The highest BCUT2D eigenvalue weighted by atomic mass is 32.2. The molecular weight excluding hydrogens is 451 g/mol. The van der Waals surface area contributed by atoms with Crippen molar-refractivity contribution in [1.29, 1.82) is 0 Å². The number of hydrogen-bond acceptors (Lipinski definition) is 6. The van der Waals surface area contributed by atoms with Crippen LogP contribution in [0.4, 0.5) is 14.9 Å². The number of fused-ring (bicyclic) bond motifs is 1. The fourth-order valence-corrected chi connectivity index (χ4v) is 5.19. The zero-order valence-electron chi connectivity index (χ0n) is 19.1. The van der Waals surface area contributed by atoms with Gasteiger partial charge in [0.05, 0.1) is 16.1 Å². The molecule has 0 radical (unpaired) electrons. The molecule has 2 aliphatic rings. The van der Waals surface area contributed by atoms with Gasteiger partial charge in [0, 0.05) is 37.3 Å². The van der Waals surface area contributed by atoms with Crippen molar-refractivity contribution in [3.8, 4) is 11.1 Å². The Morgan fingerprint density at radius 3 is 2.56 bits per heavy atom. The number of halogens is 1. The number of nitrogens with zero attached hydrogens (tertiary/aromatic N) is 3. The second kappa shape index (κ2) is 9.19. The predicted octanol–water partition coefficient (Wildman–Crippen LogP) is 4.82. The summed E-state index contributed by atoms with van der Waals surface area (Å²) in [6.45, 7) is 8.58. The molecule has 34 heavy (non-hydrogen) atoms. The number of rotatable bonds is 4. The summed E-state index contributed by atoms with van der Waals surface area (Å²) in [7, 11) is 0. The van der Waals surface area contributed by atoms with Gasteiger partial charge in [-0.1, -0.05) is 19.1 Å². The van der Waals surface area contributed by atoms with Crippen molar-refractivity contribution >= 4 is 45.6 Å². The molecule has 1 aromatic heterocycles. The van der Waals surface area contributed by atoms with E-state index in [0.29, 0.717) is 10.6 Å². The molecule has 2 saturated heterocycles. The van der Waals surface area contributed by atoms with Crippen molar-refractivity contribution in [3.63, 3.8) is 0 Å². The zero-order valence-corrected chi connectivity index (χ0v) is 19.9. The van der Waals surface area contributed by atoms with E-state index in [1.165, 1.54) is 0 Å². The minimum absolute atomic E-state index is 0.235. The molecule has 2 aromatic carbocycles. The molecule has 0 spiro atoms. The van der Waals surface area contributed by atoms with Gasteiger partial charge in [0.25, 0.3) is 11.1 Å². The highest BCUT2D eigenvalue weighted by Gasteiger charge is 2.25. The molecule has 0 saturated carbocycles. The number of thioether (sulfide) groups is 1. The number of amides is 2. The van der Waals surface area contributed by atoms with Gasteiger partial charge in [-0.2, -0.15) is 0 Å². The van der Waals surface area contributed by atoms with Crippen LogP contribution in [-0.4, -0.2) is 53.8 Å². The Morgan fingerprint density at radius 2 is 1.88 bits per heavy atom. The first-order chi connectivity index (χ1) is 16.4. The number of aromatic nitrogens is 1. The lowest BCUT2D eigenvalue weighted by Gasteiger charge is -2.35. The molecular formula is C26H25FN4O2S. The number of anilines is 1. The summed E-state index contributed by atoms with van der Waals surface area (Å²) in [5.74, 6) is -0.629. The Morgan fingerprint density at radius 1 is 1.09 bits per heavy atom. The van der Waals surface area contributed by atoms with Crippen LogP contribution in [0.1, 0.15) is 18.2 Å². The monoisotopic (exact) mass is 476 g/mol. The standard InChI is InChI=1S/C26H25FN4O2S/c1-3-30-8-10-31(11-9-30)23-7-5-18(15-21(23)27)19-12-16(2)28-22-6-4-17(13-20(19)22)14-24-25(32)29-26(33)34-24/h4-7,12-15H,3,8-11H2,1-2H3,(H,29,32,33)/b24-14-. The van der Waals surface area contributed by atoms with Crippen molar-refractivity contribution in [2.75, 3.05) is 37.6 Å². The molecule has 1 N–H and O–H groups in total. The number of aryl methyl sites for hydroxylation is 1. The predicted molar refractivity (Wildman–Crippen MR) is 135 cm³/mol. The minimum Gasteiger partial charge on any atom is -0.367 e. The van der Waals surface area contributed by atoms with Gasteiger partial charge in [-0.25, -0.2) is 4.39 Å². The van der Waals surface area contributed by atoms with Crippen LogP contribution < -0.4 is 10.2 Å². The van der Waals surface area contributed by atoms with E-state index in [1.807, 2.05) is 43.3 Å². The number of likely N-dealkylation sites (N-methyl/N-ethyl adjacent to an activating group) is 1. The van der Waals surface area contributed by atoms with Gasteiger partial charge in [0.2, 0.25) is 0 Å². The topological polar surface area (TPSA) is 65.5 Å². The first-order valence-electron chi connectivity index (χ1n) is 11.3. The summed E-state index contributed by atoms with van der Waals surface area (Å²) in [5.41, 5.74) is 4.69. The largest absolute Gasteiger partial charge is 0.367 e. The van der Waals surface area contributed by atoms with Crippen LogP contribution in [0.2, 0.25) is 0 Å². The van der Waals surface area contributed by atoms with Crippen LogP contribution in [-0.2, 0) is 4.79 Å². The summed E-state index contributed by atoms with van der Waals surface area (Å²) in [5, 5.41) is 2.76. The highest BCUT2D eigenvalue weighted by Crippen LogP contribution is 2.34. The number of piperazine rings is 1. The van der Waals surface area contributed by atoms with E-state index in [2.05, 4.69) is 27.0 Å². The Bertz CT molecular complexity index is 1330. The van der Waals surface area contributed by atoms with E-state index >= 15 is 4.39 Å². The number of carbonyl (C=O) groups is 2. The lowest BCUT2D eigenvalue weighted by Crippen LogP contribution is -2.46. The molecule has 0 aliphatic carbocycles. The number of benzene rings is 2. The molecule has 5 rings (SSSR count). The molecule has 2 amide bonds. The van der Waals surface area contributed by atoms with Crippen LogP contribution in [0.25, 0.3) is 28.1 Å². The van der Waals surface area contributed by atoms with E-state index in [0.717, 1.165) is 77.8 Å². The van der Waals surface area contributed by atoms with Gasteiger partial charge in [-0.15, -0.1) is 0 Å². The molecule has 0 atom stereocenters. The molecule has 3 aromatic rings. The quantitative estimate of drug-likeness (QED) is 0.545. The van der Waals surface area contributed by atoms with E-state index < -0.39 is 5.91 Å². The minimum atomic E-state index is -0.394. The third-order valence-corrected chi connectivity index (χ3v) is 7.13. The number of imide groups is 1. The van der Waals surface area contributed by atoms with Crippen molar-refractivity contribution in [3.05, 3.63) is 64.4 Å². The fraction of sp³-hybridized carbons (Fsp3) is 0.269. The highest BCUT2D eigenvalue weighted by molar-refractivity contribution is 8.18. The maximum atomic E-state index is 15.3. The normalized spacial score (nSPS) is 18.2. The maximum Gasteiger partial charge on any atom is 0.290 e. The van der Waals surface area contributed by atoms with Crippen molar-refractivity contribution < 1.29 is 14.0 Å². The average Bonchev–Trinajstić information content (AvgIpc) is 3.15. The van der Waals surface area contributed by atoms with Gasteiger partial charge in [0.15, 0.2) is 0 Å². The molecule has 6 nitrogen and oxygen atoms in total. The SMILES string of the molecule is CCN1CCN(c2ccc(-c3cc(C)nc4ccc(/C=C5\SC(=O)NC5=O)cc34)cc2F)CC1. The van der Waals surface area contributed by atoms with Gasteiger partial charge >= 0.3 is 0 Å². The van der Waals surface area contributed by atoms with Crippen LogP contribution in [0, 0.1) is 12.7 Å². The van der Waals surface area contributed by atoms with Crippen LogP contribution in [0.15, 0.2) is 47.4 Å². The number of carbonyl (C=O) groups excluding carboxylic acids is 2. The zero-order chi connectivity index (χ0) is 23.8. The van der Waals surface area contributed by atoms with Crippen molar-refractivity contribution in [1.82, 2.24) is 15.2 Å². The van der Waals surface area contributed by atoms with Crippen LogP contribution in [0.5, 0.6) is 0 Å². The van der Waals surface area contributed by atoms with E-state index in [1.54, 1.807) is 12.1 Å². The van der Waals surface area contributed by atoms with Crippen molar-refractivity contribution in [2.24, 2.45) is 0 Å². The Balaban J connectivity index is 1.51. The summed E-state index contributed by atoms with van der Waals surface area (Å²) < 4.78 is 15.3. The second-order valence-electron chi connectivity index (χ2n) is 8.53. The summed E-state index contributed by atoms with van der Waals surface area (Å²) in [6.07, 6.45) is 1.69. The van der Waals surface area contributed by atoms with Gasteiger partial charge in [-0.05, 0) is 78.3 Å². The lowest BCUT2D eigenvalue weighted by molar-refractivity contribution is -0.115. The van der Waals surface area contributed by atoms with E-state index in [-0.39, 0.29) is 11.1 Å². The summed E-state index contributed by atoms with van der Waals surface area (Å²) >= 11 is 0.884. The van der Waals surface area contributed by atoms with E-state index in [4.69, 9.17) is 0 Å². The van der Waals surface area contributed by atoms with Gasteiger partial charge < -0.3 is 9.80 Å². The maximum absolute atomic E-state index is 15.3. The Labute approximate surface area is 201 Å². The Kier molecular flexibility index (Phi) is 6.10. The first kappa shape index (κ1) is 22.6. The molecule has 3 heterocycles.